The zero-order valence-corrected chi connectivity index (χ0v) is 25.0. The average molecular weight is 594 g/mol. The number of aryl methyl sites for hydroxylation is 1. The maximum absolute atomic E-state index is 16.7. The molecule has 8 nitrogen and oxygen atoms in total. The van der Waals surface area contributed by atoms with Crippen LogP contribution < -0.4 is 9.64 Å². The Balaban J connectivity index is 1.36. The topological polar surface area (TPSA) is 83.8 Å². The molecule has 3 aromatic rings. The van der Waals surface area contributed by atoms with Crippen LogP contribution in [0.2, 0.25) is 0 Å². The number of aromatic nitrogens is 3. The number of anilines is 1. The van der Waals surface area contributed by atoms with Crippen LogP contribution in [0.1, 0.15) is 68.9 Å². The lowest BCUT2D eigenvalue weighted by molar-refractivity contribution is 0.0515. The van der Waals surface area contributed by atoms with Crippen LogP contribution >= 0.6 is 0 Å². The quantitative estimate of drug-likeness (QED) is 0.402. The molecule has 5 aliphatic rings. The summed E-state index contributed by atoms with van der Waals surface area (Å²) in [5.74, 6) is 0.104. The Morgan fingerprint density at radius 3 is 2.91 bits per heavy atom. The van der Waals surface area contributed by atoms with Crippen molar-refractivity contribution >= 4 is 16.7 Å². The lowest BCUT2D eigenvalue weighted by atomic mass is 9.93. The van der Waals surface area contributed by atoms with Crippen molar-refractivity contribution in [2.75, 3.05) is 44.3 Å². The normalized spacial score (nSPS) is 26.5. The highest BCUT2D eigenvalue weighted by atomic mass is 19.1. The van der Waals surface area contributed by atoms with E-state index in [9.17, 15) is 9.50 Å². The van der Waals surface area contributed by atoms with Crippen LogP contribution in [0.15, 0.2) is 18.3 Å². The number of alkyl halides is 1. The van der Waals surface area contributed by atoms with Gasteiger partial charge in [-0.3, -0.25) is 9.88 Å². The fourth-order valence-electron chi connectivity index (χ4n) is 7.77. The van der Waals surface area contributed by atoms with Gasteiger partial charge in [-0.2, -0.15) is 9.97 Å². The summed E-state index contributed by atoms with van der Waals surface area (Å²) in [6.07, 6.45) is 9.75. The Kier molecular flexibility index (Phi) is 7.84. The molecule has 3 atom stereocenters. The molecule has 6 bridgehead atoms. The number of aromatic hydroxyl groups is 1. The van der Waals surface area contributed by atoms with Gasteiger partial charge < -0.3 is 19.5 Å². The number of hydrogen-bond acceptors (Lipinski definition) is 8. The van der Waals surface area contributed by atoms with Crippen molar-refractivity contribution in [3.8, 4) is 23.0 Å². The molecule has 0 spiro atoms. The third-order valence-electron chi connectivity index (χ3n) is 9.94. The minimum Gasteiger partial charge on any atom is -0.508 e. The second-order valence-corrected chi connectivity index (χ2v) is 12.9. The molecule has 10 heteroatoms. The van der Waals surface area contributed by atoms with E-state index >= 15 is 4.39 Å². The Labute approximate surface area is 251 Å². The summed E-state index contributed by atoms with van der Waals surface area (Å²) < 4.78 is 43.8. The molecular weight excluding hydrogens is 552 g/mol. The van der Waals surface area contributed by atoms with E-state index < -0.39 is 12.0 Å². The summed E-state index contributed by atoms with van der Waals surface area (Å²) in [5, 5.41) is 11.0. The molecule has 0 aliphatic carbocycles. The van der Waals surface area contributed by atoms with Gasteiger partial charge in [-0.15, -0.1) is 0 Å². The predicted molar refractivity (Wildman–Crippen MR) is 161 cm³/mol. The lowest BCUT2D eigenvalue weighted by Crippen LogP contribution is -2.43. The van der Waals surface area contributed by atoms with Gasteiger partial charge in [0.25, 0.3) is 0 Å². The summed E-state index contributed by atoms with van der Waals surface area (Å²) in [4.78, 5) is 18.5. The van der Waals surface area contributed by atoms with Gasteiger partial charge in [0.05, 0.1) is 17.0 Å². The van der Waals surface area contributed by atoms with Crippen molar-refractivity contribution in [3.05, 3.63) is 35.3 Å². The van der Waals surface area contributed by atoms with Crippen LogP contribution in [0.5, 0.6) is 11.8 Å². The molecular formula is C33H41F2N5O3. The van der Waals surface area contributed by atoms with Crippen molar-refractivity contribution in [2.24, 2.45) is 0 Å². The van der Waals surface area contributed by atoms with Gasteiger partial charge in [0.15, 0.2) is 5.82 Å². The summed E-state index contributed by atoms with van der Waals surface area (Å²) in [6.45, 7) is 5.60. The molecule has 1 unspecified atom stereocenters. The highest BCUT2D eigenvalue weighted by molar-refractivity contribution is 5.92. The molecule has 0 saturated carbocycles. The van der Waals surface area contributed by atoms with Crippen LogP contribution in [0.4, 0.5) is 14.6 Å². The summed E-state index contributed by atoms with van der Waals surface area (Å²) in [7, 11) is 0. The molecule has 0 amide bonds. The third-order valence-corrected chi connectivity index (χ3v) is 9.94. The lowest BCUT2D eigenvalue weighted by Gasteiger charge is -2.31. The molecule has 0 radical (unpaired) electrons. The molecule has 3 fully saturated rings. The van der Waals surface area contributed by atoms with Crippen molar-refractivity contribution in [1.29, 1.82) is 0 Å². The molecule has 5 aliphatic heterocycles. The van der Waals surface area contributed by atoms with Crippen LogP contribution in [0, 0.1) is 12.7 Å². The third kappa shape index (κ3) is 5.52. The van der Waals surface area contributed by atoms with E-state index in [1.165, 1.54) is 0 Å². The maximum Gasteiger partial charge on any atom is 0.319 e. The molecule has 7 heterocycles. The average Bonchev–Trinajstić information content (AvgIpc) is 3.39. The second-order valence-electron chi connectivity index (χ2n) is 12.9. The van der Waals surface area contributed by atoms with Crippen LogP contribution in [-0.4, -0.2) is 82.2 Å². The largest absolute Gasteiger partial charge is 0.508 e. The number of phenolic OH excluding ortho intramolecular Hbond substituents is 1. The minimum absolute atomic E-state index is 0.0544. The van der Waals surface area contributed by atoms with Crippen LogP contribution in [0.25, 0.3) is 22.2 Å². The summed E-state index contributed by atoms with van der Waals surface area (Å²) in [6, 6.07) is 3.42. The Hall–Kier alpha value is -3.11. The van der Waals surface area contributed by atoms with Gasteiger partial charge in [0.2, 0.25) is 0 Å². The number of hydrogen-bond donors (Lipinski definition) is 1. The number of phenols is 1. The highest BCUT2D eigenvalue weighted by Crippen LogP contribution is 2.41. The zero-order valence-electron chi connectivity index (χ0n) is 25.0. The van der Waals surface area contributed by atoms with E-state index in [2.05, 4.69) is 19.8 Å². The number of rotatable bonds is 3. The second kappa shape index (κ2) is 11.8. The molecule has 230 valence electrons. The van der Waals surface area contributed by atoms with E-state index in [4.69, 9.17) is 14.5 Å². The van der Waals surface area contributed by atoms with Crippen molar-refractivity contribution < 1.29 is 23.4 Å². The van der Waals surface area contributed by atoms with Crippen molar-refractivity contribution in [3.63, 3.8) is 0 Å². The number of nitrogens with zero attached hydrogens (tertiary/aromatic N) is 5. The number of ether oxygens (including phenoxy) is 2. The summed E-state index contributed by atoms with van der Waals surface area (Å²) in [5.41, 5.74) is 2.39. The molecule has 2 aromatic heterocycles. The van der Waals surface area contributed by atoms with E-state index in [1.807, 2.05) is 6.92 Å². The van der Waals surface area contributed by atoms with Gasteiger partial charge in [0.1, 0.15) is 35.6 Å². The number of pyridine rings is 1. The highest BCUT2D eigenvalue weighted by Gasteiger charge is 2.49. The van der Waals surface area contributed by atoms with E-state index in [1.54, 1.807) is 18.3 Å². The van der Waals surface area contributed by atoms with Gasteiger partial charge in [-0.05, 0) is 88.1 Å². The number of halogens is 2. The van der Waals surface area contributed by atoms with E-state index in [0.717, 1.165) is 82.0 Å². The monoisotopic (exact) mass is 593 g/mol. The van der Waals surface area contributed by atoms with Crippen molar-refractivity contribution in [1.82, 2.24) is 19.9 Å². The standard InChI is InChI=1S/C33H41F2N5O3/c1-21-14-23(41)15-26-25(21)9-3-2-6-13-42-24-8-4-5-11-39(19-24)31-27-17-36-29(26)28(35)30(27)37-32(38-31)43-20-33-10-7-12-40(33)18-22(34)16-33/h14-15,17,22,24,41H,2-13,16,18-20H2,1H3/t22-,24?,33+/m1/s1. The molecule has 3 saturated heterocycles. The van der Waals surface area contributed by atoms with Gasteiger partial charge in [0, 0.05) is 44.4 Å². The first-order valence-electron chi connectivity index (χ1n) is 16.0. The van der Waals surface area contributed by atoms with E-state index in [0.29, 0.717) is 42.9 Å². The molecule has 43 heavy (non-hydrogen) atoms. The predicted octanol–water partition coefficient (Wildman–Crippen LogP) is 5.90. The van der Waals surface area contributed by atoms with Crippen LogP contribution in [0.3, 0.4) is 0 Å². The first kappa shape index (κ1) is 28.6. The number of benzene rings is 1. The smallest absolute Gasteiger partial charge is 0.319 e. The fraction of sp³-hybridized carbons (Fsp3) is 0.606. The zero-order chi connectivity index (χ0) is 29.6. The maximum atomic E-state index is 16.7. The minimum atomic E-state index is -0.871. The van der Waals surface area contributed by atoms with Gasteiger partial charge >= 0.3 is 6.01 Å². The first-order valence-corrected chi connectivity index (χ1v) is 16.0. The molecule has 1 N–H and O–H groups in total. The fourth-order valence-corrected chi connectivity index (χ4v) is 7.77. The Bertz CT molecular complexity index is 1510. The number of fused-ring (bicyclic) bond motifs is 7. The first-order chi connectivity index (χ1) is 20.9. The SMILES string of the molecule is Cc1cc(O)cc2c1CCCCCOC1CCCCN(C1)c1nc(OC[C@@]34CCCN3C[C@H](F)C4)nc3c(F)c-2ncc13. The van der Waals surface area contributed by atoms with Crippen LogP contribution in [-0.2, 0) is 11.2 Å². The van der Waals surface area contributed by atoms with Gasteiger partial charge in [-0.25, -0.2) is 8.78 Å². The van der Waals surface area contributed by atoms with Crippen molar-refractivity contribution in [2.45, 2.75) is 88.9 Å². The molecule has 1 aromatic carbocycles. The molecule has 8 rings (SSSR count). The Morgan fingerprint density at radius 2 is 2.00 bits per heavy atom. The Morgan fingerprint density at radius 1 is 1.09 bits per heavy atom. The van der Waals surface area contributed by atoms with E-state index in [-0.39, 0.29) is 41.2 Å². The summed E-state index contributed by atoms with van der Waals surface area (Å²) >= 11 is 0. The van der Waals surface area contributed by atoms with Gasteiger partial charge in [-0.1, -0.05) is 6.42 Å².